The number of para-hydroxylation sites is 1. The third kappa shape index (κ3) is 3.81. The van der Waals surface area contributed by atoms with E-state index < -0.39 is 0 Å². The summed E-state index contributed by atoms with van der Waals surface area (Å²) in [6, 6.07) is 16.2. The third-order valence-corrected chi connectivity index (χ3v) is 5.18. The van der Waals surface area contributed by atoms with Crippen LogP contribution < -0.4 is 10.5 Å². The van der Waals surface area contributed by atoms with Crippen LogP contribution >= 0.6 is 0 Å². The number of rotatable bonds is 7. The second kappa shape index (κ2) is 8.35. The molecule has 2 N–H and O–H groups in total. The van der Waals surface area contributed by atoms with Gasteiger partial charge in [0, 0.05) is 18.4 Å². The van der Waals surface area contributed by atoms with Crippen molar-refractivity contribution >= 4 is 33.8 Å². The van der Waals surface area contributed by atoms with Gasteiger partial charge in [-0.1, -0.05) is 49.4 Å². The second-order valence-corrected chi connectivity index (χ2v) is 7.06. The lowest BCUT2D eigenvalue weighted by atomic mass is 10.1. The fraction of sp³-hybridized carbons (Fsp3) is 0.250. The number of fused-ring (bicyclic) bond motifs is 3. The zero-order valence-corrected chi connectivity index (χ0v) is 16.9. The SMILES string of the molecule is CCc1nc2c(N)nc3ccccc3c2n1CCC/C=C/c1ccc(OC)cc1. The Labute approximate surface area is 170 Å². The molecule has 0 aliphatic carbocycles. The Kier molecular flexibility index (Phi) is 5.47. The molecule has 0 saturated heterocycles. The molecule has 29 heavy (non-hydrogen) atoms. The minimum absolute atomic E-state index is 0.506. The van der Waals surface area contributed by atoms with Gasteiger partial charge in [-0.15, -0.1) is 0 Å². The van der Waals surface area contributed by atoms with Gasteiger partial charge in [-0.3, -0.25) is 0 Å². The Morgan fingerprint density at radius 2 is 1.86 bits per heavy atom. The Bertz CT molecular complexity index is 1160. The Hall–Kier alpha value is -3.34. The van der Waals surface area contributed by atoms with E-state index >= 15 is 0 Å². The highest BCUT2D eigenvalue weighted by Gasteiger charge is 2.15. The van der Waals surface area contributed by atoms with Crippen LogP contribution in [-0.4, -0.2) is 21.6 Å². The van der Waals surface area contributed by atoms with Crippen LogP contribution in [0.2, 0.25) is 0 Å². The first-order chi connectivity index (χ1) is 14.2. The second-order valence-electron chi connectivity index (χ2n) is 7.06. The van der Waals surface area contributed by atoms with Gasteiger partial charge in [-0.2, -0.15) is 0 Å². The van der Waals surface area contributed by atoms with E-state index in [1.165, 1.54) is 5.56 Å². The Balaban J connectivity index is 1.55. The summed E-state index contributed by atoms with van der Waals surface area (Å²) in [6.07, 6.45) is 7.27. The largest absolute Gasteiger partial charge is 0.497 e. The minimum atomic E-state index is 0.506. The zero-order chi connectivity index (χ0) is 20.2. The molecule has 2 heterocycles. The van der Waals surface area contributed by atoms with Gasteiger partial charge in [0.1, 0.15) is 17.1 Å². The molecule has 0 spiro atoms. The number of aryl methyl sites for hydroxylation is 2. The normalized spacial score (nSPS) is 11.7. The van der Waals surface area contributed by atoms with E-state index in [1.54, 1.807) is 7.11 Å². The molecule has 0 saturated carbocycles. The maximum atomic E-state index is 6.21. The van der Waals surface area contributed by atoms with Crippen LogP contribution in [0.1, 0.15) is 31.2 Å². The maximum absolute atomic E-state index is 6.21. The number of pyridine rings is 1. The molecular formula is C24H26N4O. The van der Waals surface area contributed by atoms with E-state index in [1.807, 2.05) is 30.3 Å². The van der Waals surface area contributed by atoms with Crippen molar-refractivity contribution < 1.29 is 4.74 Å². The molecule has 0 aliphatic rings. The van der Waals surface area contributed by atoms with Gasteiger partial charge in [-0.05, 0) is 36.6 Å². The first kappa shape index (κ1) is 19.0. The molecule has 2 aromatic carbocycles. The number of nitrogens with zero attached hydrogens (tertiary/aromatic N) is 3. The van der Waals surface area contributed by atoms with Crippen LogP contribution in [0.25, 0.3) is 28.0 Å². The van der Waals surface area contributed by atoms with Gasteiger partial charge in [0.2, 0.25) is 0 Å². The summed E-state index contributed by atoms with van der Waals surface area (Å²) >= 11 is 0. The smallest absolute Gasteiger partial charge is 0.152 e. The van der Waals surface area contributed by atoms with Crippen LogP contribution in [-0.2, 0) is 13.0 Å². The molecule has 0 aliphatic heterocycles. The summed E-state index contributed by atoms with van der Waals surface area (Å²) in [5, 5.41) is 1.11. The van der Waals surface area contributed by atoms with Crippen LogP contribution in [0.5, 0.6) is 5.75 Å². The Morgan fingerprint density at radius 1 is 1.07 bits per heavy atom. The highest BCUT2D eigenvalue weighted by Crippen LogP contribution is 2.29. The van der Waals surface area contributed by atoms with Gasteiger partial charge in [0.05, 0.1) is 18.1 Å². The van der Waals surface area contributed by atoms with Crippen molar-refractivity contribution in [3.05, 3.63) is 66.0 Å². The van der Waals surface area contributed by atoms with Crippen LogP contribution in [0.4, 0.5) is 5.82 Å². The van der Waals surface area contributed by atoms with Crippen molar-refractivity contribution in [3.8, 4) is 5.75 Å². The highest BCUT2D eigenvalue weighted by atomic mass is 16.5. The minimum Gasteiger partial charge on any atom is -0.497 e. The van der Waals surface area contributed by atoms with Gasteiger partial charge in [0.15, 0.2) is 5.82 Å². The molecule has 0 atom stereocenters. The average Bonchev–Trinajstić information content (AvgIpc) is 3.13. The van der Waals surface area contributed by atoms with E-state index in [0.29, 0.717) is 5.82 Å². The number of hydrogen-bond acceptors (Lipinski definition) is 4. The number of aromatic nitrogens is 3. The summed E-state index contributed by atoms with van der Waals surface area (Å²) in [6.45, 7) is 3.03. The van der Waals surface area contributed by atoms with Gasteiger partial charge in [-0.25, -0.2) is 9.97 Å². The van der Waals surface area contributed by atoms with Crippen molar-refractivity contribution in [2.24, 2.45) is 0 Å². The van der Waals surface area contributed by atoms with Crippen molar-refractivity contribution in [1.29, 1.82) is 0 Å². The highest BCUT2D eigenvalue weighted by molar-refractivity contribution is 6.06. The summed E-state index contributed by atoms with van der Waals surface area (Å²) in [4.78, 5) is 9.32. The molecule has 0 amide bonds. The summed E-state index contributed by atoms with van der Waals surface area (Å²) in [5.41, 5.74) is 10.2. The van der Waals surface area contributed by atoms with E-state index in [4.69, 9.17) is 15.5 Å². The van der Waals surface area contributed by atoms with E-state index in [2.05, 4.69) is 46.8 Å². The lowest BCUT2D eigenvalue weighted by Crippen LogP contribution is -2.03. The van der Waals surface area contributed by atoms with Crippen LogP contribution in [0.15, 0.2) is 54.6 Å². The zero-order valence-electron chi connectivity index (χ0n) is 16.9. The van der Waals surface area contributed by atoms with Crippen LogP contribution in [0.3, 0.4) is 0 Å². The number of hydrogen-bond donors (Lipinski definition) is 1. The number of benzene rings is 2. The fourth-order valence-electron chi connectivity index (χ4n) is 3.72. The molecule has 0 fully saturated rings. The average molecular weight is 386 g/mol. The molecule has 0 radical (unpaired) electrons. The summed E-state index contributed by atoms with van der Waals surface area (Å²) in [5.74, 6) is 2.44. The number of allylic oxidation sites excluding steroid dienone is 1. The molecule has 2 aromatic heterocycles. The first-order valence-electron chi connectivity index (χ1n) is 10.0. The number of nitrogens with two attached hydrogens (primary N) is 1. The fourth-order valence-corrected chi connectivity index (χ4v) is 3.72. The predicted molar refractivity (Wildman–Crippen MR) is 120 cm³/mol. The number of ether oxygens (including phenoxy) is 1. The Morgan fingerprint density at radius 3 is 2.62 bits per heavy atom. The molecular weight excluding hydrogens is 360 g/mol. The predicted octanol–water partition coefficient (Wildman–Crippen LogP) is 5.23. The lowest BCUT2D eigenvalue weighted by molar-refractivity contribution is 0.415. The molecule has 5 nitrogen and oxygen atoms in total. The van der Waals surface area contributed by atoms with Gasteiger partial charge < -0.3 is 15.0 Å². The summed E-state index contributed by atoms with van der Waals surface area (Å²) in [7, 11) is 1.68. The third-order valence-electron chi connectivity index (χ3n) is 5.18. The van der Waals surface area contributed by atoms with Crippen LogP contribution in [0, 0.1) is 0 Å². The van der Waals surface area contributed by atoms with E-state index in [9.17, 15) is 0 Å². The molecule has 4 aromatic rings. The molecule has 5 heteroatoms. The molecule has 148 valence electrons. The van der Waals surface area contributed by atoms with Crippen molar-refractivity contribution in [1.82, 2.24) is 14.5 Å². The number of anilines is 1. The maximum Gasteiger partial charge on any atom is 0.152 e. The van der Waals surface area contributed by atoms with Crippen molar-refractivity contribution in [3.63, 3.8) is 0 Å². The first-order valence-corrected chi connectivity index (χ1v) is 10.0. The molecule has 4 rings (SSSR count). The molecule has 0 unspecified atom stereocenters. The monoisotopic (exact) mass is 386 g/mol. The van der Waals surface area contributed by atoms with Crippen molar-refractivity contribution in [2.45, 2.75) is 32.7 Å². The standard InChI is InChI=1S/C24H26N4O/c1-3-21-27-22-23(19-10-6-7-11-20(19)26-24(22)25)28(21)16-8-4-5-9-17-12-14-18(29-2)15-13-17/h5-7,9-15H,3-4,8,16H2,1-2H3,(H2,25,26)/b9-5+. The number of unbranched alkanes of at least 4 members (excludes halogenated alkanes) is 1. The lowest BCUT2D eigenvalue weighted by Gasteiger charge is -2.09. The van der Waals surface area contributed by atoms with Crippen molar-refractivity contribution in [2.75, 3.05) is 12.8 Å². The van der Waals surface area contributed by atoms with E-state index in [0.717, 1.165) is 59.3 Å². The number of methoxy groups -OCH3 is 1. The van der Waals surface area contributed by atoms with E-state index in [-0.39, 0.29) is 0 Å². The number of nitrogen functional groups attached to an aromatic ring is 1. The summed E-state index contributed by atoms with van der Waals surface area (Å²) < 4.78 is 7.52. The topological polar surface area (TPSA) is 66.0 Å². The molecule has 0 bridgehead atoms. The quantitative estimate of drug-likeness (QED) is 0.442. The number of imidazole rings is 1. The van der Waals surface area contributed by atoms with Gasteiger partial charge >= 0.3 is 0 Å². The van der Waals surface area contributed by atoms with Gasteiger partial charge in [0.25, 0.3) is 0 Å².